The Bertz CT molecular complexity index is 512. The van der Waals surface area contributed by atoms with Crippen LogP contribution in [0.3, 0.4) is 0 Å². The van der Waals surface area contributed by atoms with Crippen molar-refractivity contribution < 1.29 is 9.90 Å². The fraction of sp³-hybridized carbons (Fsp3) is 0.533. The van der Waals surface area contributed by atoms with Crippen molar-refractivity contribution in [1.29, 1.82) is 0 Å². The van der Waals surface area contributed by atoms with Crippen molar-refractivity contribution in [3.63, 3.8) is 0 Å². The second-order valence-corrected chi connectivity index (χ2v) is 6.03. The Balaban J connectivity index is 2.07. The molecule has 2 atom stereocenters. The van der Waals surface area contributed by atoms with Crippen LogP contribution < -0.4 is 0 Å². The fourth-order valence-electron chi connectivity index (χ4n) is 2.47. The van der Waals surface area contributed by atoms with Crippen molar-refractivity contribution in [3.8, 4) is 11.8 Å². The summed E-state index contributed by atoms with van der Waals surface area (Å²) in [7, 11) is 0. The number of likely N-dealkylation sites (tertiary alicyclic amines) is 1. The average Bonchev–Trinajstić information content (AvgIpc) is 2.96. The van der Waals surface area contributed by atoms with Crippen molar-refractivity contribution in [2.24, 2.45) is 5.92 Å². The molecule has 2 rings (SSSR count). The summed E-state index contributed by atoms with van der Waals surface area (Å²) >= 11 is 1.49. The van der Waals surface area contributed by atoms with E-state index in [1.165, 1.54) is 11.3 Å². The molecule has 4 heteroatoms. The van der Waals surface area contributed by atoms with E-state index in [-0.39, 0.29) is 12.5 Å². The lowest BCUT2D eigenvalue weighted by Crippen LogP contribution is -2.33. The van der Waals surface area contributed by atoms with E-state index < -0.39 is 0 Å². The van der Waals surface area contributed by atoms with Gasteiger partial charge >= 0.3 is 0 Å². The van der Waals surface area contributed by atoms with E-state index in [0.29, 0.717) is 18.4 Å². The molecule has 1 fully saturated rings. The van der Waals surface area contributed by atoms with Crippen LogP contribution in [-0.4, -0.2) is 35.1 Å². The summed E-state index contributed by atoms with van der Waals surface area (Å²) in [4.78, 5) is 15.2. The Labute approximate surface area is 118 Å². The molecule has 19 heavy (non-hydrogen) atoms. The molecule has 1 N–H and O–H groups in total. The zero-order chi connectivity index (χ0) is 13.8. The SMILES string of the molecule is CC1CC(C)N(C(=O)c2csc(C#CCCO)c2)C1. The maximum absolute atomic E-state index is 12.4. The molecule has 0 aliphatic carbocycles. The van der Waals surface area contributed by atoms with Crippen molar-refractivity contribution in [2.45, 2.75) is 32.7 Å². The standard InChI is InChI=1S/C15H19NO2S/c1-11-7-12(2)16(9-11)15(18)13-8-14(19-10-13)5-3-4-6-17/h8,10-12,17H,4,6-7,9H2,1-2H3. The summed E-state index contributed by atoms with van der Waals surface area (Å²) < 4.78 is 0. The summed E-state index contributed by atoms with van der Waals surface area (Å²) in [6, 6.07) is 2.18. The van der Waals surface area contributed by atoms with Crippen LogP contribution >= 0.6 is 11.3 Å². The molecule has 0 aromatic carbocycles. The number of nitrogens with zero attached hydrogens (tertiary/aromatic N) is 1. The van der Waals surface area contributed by atoms with Crippen molar-refractivity contribution in [1.82, 2.24) is 4.90 Å². The molecule has 1 amide bonds. The minimum Gasteiger partial charge on any atom is -0.395 e. The number of carbonyl (C=O) groups is 1. The van der Waals surface area contributed by atoms with Gasteiger partial charge in [0.25, 0.3) is 5.91 Å². The summed E-state index contributed by atoms with van der Waals surface area (Å²) in [6.45, 7) is 5.22. The number of aliphatic hydroxyl groups is 1. The van der Waals surface area contributed by atoms with Gasteiger partial charge in [0.2, 0.25) is 0 Å². The molecule has 1 aromatic rings. The minimum atomic E-state index is 0.0767. The van der Waals surface area contributed by atoms with Gasteiger partial charge < -0.3 is 10.0 Å². The highest BCUT2D eigenvalue weighted by atomic mass is 32.1. The van der Waals surface area contributed by atoms with Gasteiger partial charge in [-0.25, -0.2) is 0 Å². The molecular formula is C15H19NO2S. The lowest BCUT2D eigenvalue weighted by molar-refractivity contribution is 0.0744. The normalized spacial score (nSPS) is 22.2. The van der Waals surface area contributed by atoms with Crippen LogP contribution in [-0.2, 0) is 0 Å². The third-order valence-electron chi connectivity index (χ3n) is 3.34. The van der Waals surface area contributed by atoms with Crippen molar-refractivity contribution >= 4 is 17.2 Å². The second-order valence-electron chi connectivity index (χ2n) is 5.12. The Hall–Kier alpha value is -1.31. The molecule has 1 saturated heterocycles. The van der Waals surface area contributed by atoms with Gasteiger partial charge in [0.05, 0.1) is 17.0 Å². The van der Waals surface area contributed by atoms with E-state index in [2.05, 4.69) is 25.7 Å². The highest BCUT2D eigenvalue weighted by Crippen LogP contribution is 2.25. The Kier molecular flexibility index (Phi) is 4.62. The van der Waals surface area contributed by atoms with Crippen LogP contribution in [0.1, 0.15) is 41.9 Å². The highest BCUT2D eigenvalue weighted by molar-refractivity contribution is 7.10. The first-order valence-corrected chi connectivity index (χ1v) is 7.49. The van der Waals surface area contributed by atoms with E-state index in [4.69, 9.17) is 5.11 Å². The lowest BCUT2D eigenvalue weighted by atomic mass is 10.1. The first-order chi connectivity index (χ1) is 9.11. The molecule has 0 radical (unpaired) electrons. The molecule has 3 nitrogen and oxygen atoms in total. The molecular weight excluding hydrogens is 258 g/mol. The Morgan fingerprint density at radius 2 is 2.37 bits per heavy atom. The fourth-order valence-corrected chi connectivity index (χ4v) is 3.22. The maximum atomic E-state index is 12.4. The van der Waals surface area contributed by atoms with Crippen LogP contribution in [0, 0.1) is 17.8 Å². The molecule has 1 aliphatic heterocycles. The molecule has 1 aliphatic rings. The molecule has 102 valence electrons. The number of aliphatic hydroxyl groups excluding tert-OH is 1. The number of rotatable bonds is 2. The number of hydrogen-bond acceptors (Lipinski definition) is 3. The number of thiophene rings is 1. The summed E-state index contributed by atoms with van der Waals surface area (Å²) in [5, 5.41) is 10.6. The number of amides is 1. The van der Waals surface area contributed by atoms with E-state index in [1.807, 2.05) is 16.3 Å². The lowest BCUT2D eigenvalue weighted by Gasteiger charge is -2.20. The van der Waals surface area contributed by atoms with Crippen molar-refractivity contribution in [3.05, 3.63) is 21.9 Å². The number of hydrogen-bond donors (Lipinski definition) is 1. The first kappa shape index (κ1) is 14.1. The van der Waals surface area contributed by atoms with Gasteiger partial charge in [-0.05, 0) is 25.3 Å². The monoisotopic (exact) mass is 277 g/mol. The predicted molar refractivity (Wildman–Crippen MR) is 77.2 cm³/mol. The largest absolute Gasteiger partial charge is 0.395 e. The van der Waals surface area contributed by atoms with Gasteiger partial charge in [-0.2, -0.15) is 0 Å². The van der Waals surface area contributed by atoms with E-state index in [9.17, 15) is 4.79 Å². The zero-order valence-corrected chi connectivity index (χ0v) is 12.2. The van der Waals surface area contributed by atoms with E-state index in [0.717, 1.165) is 23.4 Å². The summed E-state index contributed by atoms with van der Waals surface area (Å²) in [5.41, 5.74) is 0.735. The van der Waals surface area contributed by atoms with Gasteiger partial charge in [0.1, 0.15) is 0 Å². The van der Waals surface area contributed by atoms with Crippen LogP contribution in [0.15, 0.2) is 11.4 Å². The molecule has 0 spiro atoms. The molecule has 2 heterocycles. The number of carbonyl (C=O) groups excluding carboxylic acids is 1. The van der Waals surface area contributed by atoms with Crippen LogP contribution in [0.4, 0.5) is 0 Å². The van der Waals surface area contributed by atoms with Gasteiger partial charge in [0, 0.05) is 24.4 Å². The topological polar surface area (TPSA) is 40.5 Å². The molecule has 0 bridgehead atoms. The summed E-state index contributed by atoms with van der Waals surface area (Å²) in [5.74, 6) is 6.54. The first-order valence-electron chi connectivity index (χ1n) is 6.61. The molecule has 2 unspecified atom stereocenters. The quantitative estimate of drug-likeness (QED) is 0.843. The van der Waals surface area contributed by atoms with Crippen LogP contribution in [0.25, 0.3) is 0 Å². The third kappa shape index (κ3) is 3.37. The zero-order valence-electron chi connectivity index (χ0n) is 11.3. The molecule has 1 aromatic heterocycles. The van der Waals surface area contributed by atoms with Gasteiger partial charge in [-0.1, -0.05) is 18.8 Å². The Morgan fingerprint density at radius 1 is 1.58 bits per heavy atom. The van der Waals surface area contributed by atoms with Crippen LogP contribution in [0.5, 0.6) is 0 Å². The van der Waals surface area contributed by atoms with Gasteiger partial charge in [-0.3, -0.25) is 4.79 Å². The maximum Gasteiger partial charge on any atom is 0.254 e. The highest BCUT2D eigenvalue weighted by Gasteiger charge is 2.30. The van der Waals surface area contributed by atoms with Gasteiger partial charge in [0.15, 0.2) is 0 Å². The van der Waals surface area contributed by atoms with Crippen molar-refractivity contribution in [2.75, 3.05) is 13.2 Å². The van der Waals surface area contributed by atoms with E-state index in [1.54, 1.807) is 0 Å². The third-order valence-corrected chi connectivity index (χ3v) is 4.19. The molecule has 0 saturated carbocycles. The smallest absolute Gasteiger partial charge is 0.254 e. The van der Waals surface area contributed by atoms with Gasteiger partial charge in [-0.15, -0.1) is 11.3 Å². The van der Waals surface area contributed by atoms with E-state index >= 15 is 0 Å². The predicted octanol–water partition coefficient (Wildman–Crippen LogP) is 2.35. The summed E-state index contributed by atoms with van der Waals surface area (Å²) in [6.07, 6.45) is 1.56. The minimum absolute atomic E-state index is 0.0767. The van der Waals surface area contributed by atoms with Crippen LogP contribution in [0.2, 0.25) is 0 Å². The second kappa shape index (κ2) is 6.23. The average molecular weight is 277 g/mol. The Morgan fingerprint density at radius 3 is 3.00 bits per heavy atom.